The average molecular weight is 278 g/mol. The van der Waals surface area contributed by atoms with Crippen LogP contribution in [0.1, 0.15) is 6.42 Å². The second-order valence-electron chi connectivity index (χ2n) is 4.90. The number of hydrogen-bond acceptors (Lipinski definition) is 6. The van der Waals surface area contributed by atoms with E-state index in [1.807, 2.05) is 0 Å². The summed E-state index contributed by atoms with van der Waals surface area (Å²) in [6.45, 7) is 0.588. The predicted molar refractivity (Wildman–Crippen MR) is 63.7 cm³/mol. The molecular weight excluding hydrogens is 260 g/mol. The topological polar surface area (TPSA) is 107 Å². The van der Waals surface area contributed by atoms with Crippen LogP contribution in [0.15, 0.2) is 0 Å². The van der Waals surface area contributed by atoms with E-state index >= 15 is 0 Å². The second kappa shape index (κ2) is 5.12. The maximum absolute atomic E-state index is 11.9. The first-order valence-electron chi connectivity index (χ1n) is 5.95. The third-order valence-electron chi connectivity index (χ3n) is 3.33. The average Bonchev–Trinajstić information content (AvgIpc) is 2.58. The third-order valence-corrected chi connectivity index (χ3v) is 5.07. The smallest absolute Gasteiger partial charge is 0.224 e. The van der Waals surface area contributed by atoms with Crippen LogP contribution in [0.5, 0.6) is 0 Å². The Balaban J connectivity index is 1.88. The van der Waals surface area contributed by atoms with Crippen molar-refractivity contribution >= 4 is 15.7 Å². The molecule has 3 unspecified atom stereocenters. The molecule has 2 aliphatic rings. The summed E-state index contributed by atoms with van der Waals surface area (Å²) in [5.41, 5.74) is 0. The molecule has 0 spiro atoms. The van der Waals surface area contributed by atoms with Gasteiger partial charge in [0.15, 0.2) is 9.84 Å². The zero-order chi connectivity index (χ0) is 13.3. The van der Waals surface area contributed by atoms with Crippen molar-refractivity contribution in [2.45, 2.75) is 24.7 Å². The number of rotatable bonds is 2. The highest BCUT2D eigenvalue weighted by atomic mass is 32.2. The van der Waals surface area contributed by atoms with E-state index in [0.29, 0.717) is 6.54 Å². The summed E-state index contributed by atoms with van der Waals surface area (Å²) in [4.78, 5) is 13.3. The zero-order valence-corrected chi connectivity index (χ0v) is 10.8. The normalized spacial score (nSPS) is 35.7. The van der Waals surface area contributed by atoms with Gasteiger partial charge in [0.05, 0.1) is 23.7 Å². The maximum atomic E-state index is 11.9. The lowest BCUT2D eigenvalue weighted by molar-refractivity contribution is -0.131. The predicted octanol–water partition coefficient (Wildman–Crippen LogP) is -2.67. The largest absolute Gasteiger partial charge is 0.388 e. The molecule has 104 valence electrons. The van der Waals surface area contributed by atoms with Crippen molar-refractivity contribution < 1.29 is 23.4 Å². The molecular formula is C10H18N2O5S. The first-order valence-corrected chi connectivity index (χ1v) is 7.77. The van der Waals surface area contributed by atoms with E-state index in [4.69, 9.17) is 0 Å². The monoisotopic (exact) mass is 278 g/mol. The fourth-order valence-corrected chi connectivity index (χ4v) is 3.76. The van der Waals surface area contributed by atoms with Crippen molar-refractivity contribution in [3.8, 4) is 0 Å². The van der Waals surface area contributed by atoms with Gasteiger partial charge in [-0.3, -0.25) is 4.79 Å². The fourth-order valence-electron chi connectivity index (χ4n) is 2.31. The number of nitrogens with one attached hydrogen (secondary N) is 1. The number of sulfone groups is 1. The quantitative estimate of drug-likeness (QED) is 0.508. The summed E-state index contributed by atoms with van der Waals surface area (Å²) in [7, 11) is -3.05. The molecule has 2 aliphatic heterocycles. The number of carbonyl (C=O) groups excluding carboxylic acids is 1. The number of nitrogens with zero attached hydrogens (tertiary/aromatic N) is 1. The Bertz CT molecular complexity index is 414. The molecule has 0 aliphatic carbocycles. The van der Waals surface area contributed by atoms with Crippen molar-refractivity contribution in [2.75, 3.05) is 31.1 Å². The van der Waals surface area contributed by atoms with Crippen molar-refractivity contribution in [1.29, 1.82) is 0 Å². The molecule has 7 nitrogen and oxygen atoms in total. The highest BCUT2D eigenvalue weighted by Gasteiger charge is 2.34. The van der Waals surface area contributed by atoms with Crippen LogP contribution in [0.25, 0.3) is 0 Å². The molecule has 0 bridgehead atoms. The highest BCUT2D eigenvalue weighted by Crippen LogP contribution is 2.13. The van der Waals surface area contributed by atoms with E-state index in [1.165, 1.54) is 4.90 Å². The van der Waals surface area contributed by atoms with Crippen LogP contribution in [0, 0.1) is 0 Å². The van der Waals surface area contributed by atoms with Gasteiger partial charge in [0.25, 0.3) is 0 Å². The summed E-state index contributed by atoms with van der Waals surface area (Å²) < 4.78 is 22.8. The minimum Gasteiger partial charge on any atom is -0.388 e. The number of β-amino-alcohol motifs (C(OH)–C–C–N with tert-alkyl or cyclic N) is 2. The molecule has 2 saturated heterocycles. The van der Waals surface area contributed by atoms with E-state index in [1.54, 1.807) is 0 Å². The lowest BCUT2D eigenvalue weighted by atomic mass is 10.2. The Morgan fingerprint density at radius 1 is 1.28 bits per heavy atom. The number of amides is 1. The molecule has 0 aromatic rings. The van der Waals surface area contributed by atoms with E-state index in [-0.39, 0.29) is 43.0 Å². The second-order valence-corrected chi connectivity index (χ2v) is 7.13. The molecule has 0 aromatic carbocycles. The first kappa shape index (κ1) is 13.7. The van der Waals surface area contributed by atoms with Crippen molar-refractivity contribution in [3.63, 3.8) is 0 Å². The van der Waals surface area contributed by atoms with Gasteiger partial charge < -0.3 is 20.4 Å². The summed E-state index contributed by atoms with van der Waals surface area (Å²) >= 11 is 0. The number of aliphatic hydroxyl groups excluding tert-OH is 2. The van der Waals surface area contributed by atoms with Gasteiger partial charge in [0.1, 0.15) is 0 Å². The summed E-state index contributed by atoms with van der Waals surface area (Å²) in [6, 6.07) is -0.369. The molecule has 0 saturated carbocycles. The summed E-state index contributed by atoms with van der Waals surface area (Å²) in [5.74, 6) is -0.156. The number of carbonyl (C=O) groups is 1. The molecule has 0 aromatic heterocycles. The lowest BCUT2D eigenvalue weighted by Gasteiger charge is -2.25. The van der Waals surface area contributed by atoms with Gasteiger partial charge in [0, 0.05) is 32.1 Å². The summed E-state index contributed by atoms with van der Waals surface area (Å²) in [5, 5.41) is 21.7. The van der Waals surface area contributed by atoms with Crippen LogP contribution in [-0.4, -0.2) is 78.8 Å². The standard InChI is InChI=1S/C10H18N2O5S/c13-8-4-12(5-9(8)14)10(15)3-7-6-18(16,17)2-1-11-7/h7-9,11,13-14H,1-6H2. The van der Waals surface area contributed by atoms with Crippen LogP contribution in [0.4, 0.5) is 0 Å². The van der Waals surface area contributed by atoms with Gasteiger partial charge in [0.2, 0.25) is 5.91 Å². The van der Waals surface area contributed by atoms with Gasteiger partial charge in [-0.25, -0.2) is 8.42 Å². The van der Waals surface area contributed by atoms with Gasteiger partial charge in [-0.2, -0.15) is 0 Å². The van der Waals surface area contributed by atoms with E-state index in [9.17, 15) is 23.4 Å². The Labute approximate surface area is 106 Å². The molecule has 0 radical (unpaired) electrons. The van der Waals surface area contributed by atoms with Gasteiger partial charge in [-0.05, 0) is 0 Å². The number of hydrogen-bond donors (Lipinski definition) is 3. The van der Waals surface area contributed by atoms with E-state index in [0.717, 1.165) is 0 Å². The van der Waals surface area contributed by atoms with Crippen molar-refractivity contribution in [3.05, 3.63) is 0 Å². The molecule has 8 heteroatoms. The van der Waals surface area contributed by atoms with Gasteiger partial charge >= 0.3 is 0 Å². The Morgan fingerprint density at radius 2 is 1.89 bits per heavy atom. The molecule has 2 fully saturated rings. The minimum absolute atomic E-state index is 0.0301. The van der Waals surface area contributed by atoms with Gasteiger partial charge in [-0.1, -0.05) is 0 Å². The van der Waals surface area contributed by atoms with E-state index in [2.05, 4.69) is 5.32 Å². The number of likely N-dealkylation sites (tertiary alicyclic amines) is 1. The number of aliphatic hydroxyl groups is 2. The molecule has 3 atom stereocenters. The first-order chi connectivity index (χ1) is 8.37. The highest BCUT2D eigenvalue weighted by molar-refractivity contribution is 7.91. The van der Waals surface area contributed by atoms with Crippen LogP contribution in [0.2, 0.25) is 0 Å². The summed E-state index contributed by atoms with van der Waals surface area (Å²) in [6.07, 6.45) is -1.73. The SMILES string of the molecule is O=C(CC1CS(=O)(=O)CCN1)N1CC(O)C(O)C1. The maximum Gasteiger partial charge on any atom is 0.224 e. The Morgan fingerprint density at radius 3 is 2.44 bits per heavy atom. The van der Waals surface area contributed by atoms with E-state index < -0.39 is 22.0 Å². The van der Waals surface area contributed by atoms with Crippen LogP contribution < -0.4 is 5.32 Å². The van der Waals surface area contributed by atoms with Crippen LogP contribution in [0.3, 0.4) is 0 Å². The molecule has 2 heterocycles. The third kappa shape index (κ3) is 3.19. The minimum atomic E-state index is -3.05. The fraction of sp³-hybridized carbons (Fsp3) is 0.900. The lowest BCUT2D eigenvalue weighted by Crippen LogP contribution is -2.47. The van der Waals surface area contributed by atoms with Crippen LogP contribution >= 0.6 is 0 Å². The Hall–Kier alpha value is -0.700. The van der Waals surface area contributed by atoms with Crippen molar-refractivity contribution in [1.82, 2.24) is 10.2 Å². The molecule has 18 heavy (non-hydrogen) atoms. The molecule has 2 rings (SSSR count). The van der Waals surface area contributed by atoms with Gasteiger partial charge in [-0.15, -0.1) is 0 Å². The Kier molecular flexibility index (Phi) is 3.90. The molecule has 3 N–H and O–H groups in total. The van der Waals surface area contributed by atoms with Crippen LogP contribution in [-0.2, 0) is 14.6 Å². The van der Waals surface area contributed by atoms with Crippen molar-refractivity contribution in [2.24, 2.45) is 0 Å². The molecule has 1 amide bonds. The zero-order valence-electron chi connectivity index (χ0n) is 9.95.